The number of fused-ring (bicyclic) bond motifs is 1. The van der Waals surface area contributed by atoms with Crippen LogP contribution < -0.4 is 10.2 Å². The number of rotatable bonds is 1. The zero-order valence-corrected chi connectivity index (χ0v) is 10.7. The third-order valence-electron chi connectivity index (χ3n) is 3.37. The lowest BCUT2D eigenvalue weighted by Gasteiger charge is -2.35. The Labute approximate surface area is 112 Å². The molecule has 1 N–H and O–H groups in total. The third-order valence-corrected chi connectivity index (χ3v) is 3.37. The minimum Gasteiger partial charge on any atom is -0.373 e. The molecule has 0 fully saturated rings. The van der Waals surface area contributed by atoms with E-state index in [1.165, 1.54) is 5.56 Å². The first-order valence-electron chi connectivity index (χ1n) is 6.29. The zero-order valence-electron chi connectivity index (χ0n) is 10.7. The van der Waals surface area contributed by atoms with Gasteiger partial charge in [0.1, 0.15) is 0 Å². The van der Waals surface area contributed by atoms with Gasteiger partial charge < -0.3 is 10.2 Å². The van der Waals surface area contributed by atoms with E-state index in [4.69, 9.17) is 0 Å². The number of nitrogens with one attached hydrogen (secondary N) is 1. The molecular weight excluding hydrogens is 238 g/mol. The van der Waals surface area contributed by atoms with Crippen molar-refractivity contribution in [1.82, 2.24) is 4.98 Å². The van der Waals surface area contributed by atoms with Gasteiger partial charge in [-0.25, -0.2) is 0 Å². The van der Waals surface area contributed by atoms with E-state index in [9.17, 15) is 4.79 Å². The number of pyridine rings is 1. The molecular formula is C15H15N3O. The van der Waals surface area contributed by atoms with Crippen LogP contribution in [0.3, 0.4) is 0 Å². The summed E-state index contributed by atoms with van der Waals surface area (Å²) in [5.74, 6) is 0.0508. The number of hydrogen-bond acceptors (Lipinski definition) is 3. The summed E-state index contributed by atoms with van der Waals surface area (Å²) >= 11 is 0. The van der Waals surface area contributed by atoms with Crippen LogP contribution in [0.5, 0.6) is 0 Å². The summed E-state index contributed by atoms with van der Waals surface area (Å²) < 4.78 is 0. The van der Waals surface area contributed by atoms with Crippen molar-refractivity contribution in [2.75, 3.05) is 16.8 Å². The topological polar surface area (TPSA) is 45.2 Å². The van der Waals surface area contributed by atoms with Crippen LogP contribution in [-0.2, 0) is 4.79 Å². The Morgan fingerprint density at radius 3 is 2.84 bits per heavy atom. The van der Waals surface area contributed by atoms with Crippen molar-refractivity contribution in [3.05, 3.63) is 54.4 Å². The Hall–Kier alpha value is -2.36. The molecule has 1 aromatic heterocycles. The van der Waals surface area contributed by atoms with Crippen LogP contribution in [0.1, 0.15) is 18.5 Å². The number of nitrogens with zero attached hydrogens (tertiary/aromatic N) is 2. The molecule has 3 rings (SSSR count). The van der Waals surface area contributed by atoms with Crippen LogP contribution in [0.4, 0.5) is 11.4 Å². The Kier molecular flexibility index (Phi) is 2.91. The van der Waals surface area contributed by atoms with Gasteiger partial charge in [-0.15, -0.1) is 0 Å². The van der Waals surface area contributed by atoms with Crippen LogP contribution in [0, 0.1) is 0 Å². The lowest BCUT2D eigenvalue weighted by molar-refractivity contribution is -0.116. The maximum absolute atomic E-state index is 11.8. The van der Waals surface area contributed by atoms with Crippen molar-refractivity contribution in [3.63, 3.8) is 0 Å². The molecule has 0 aliphatic carbocycles. The molecule has 0 spiro atoms. The standard InChI is InChI=1S/C15H15N3O/c1-11(19)18-10-14(12-5-3-2-4-6-12)17-13-9-16-8-7-15(13)18/h2-9,14,17H,10H2,1H3. The highest BCUT2D eigenvalue weighted by molar-refractivity contribution is 5.96. The molecule has 0 radical (unpaired) electrons. The maximum Gasteiger partial charge on any atom is 0.224 e. The van der Waals surface area contributed by atoms with Gasteiger partial charge >= 0.3 is 0 Å². The van der Waals surface area contributed by atoms with Crippen LogP contribution in [-0.4, -0.2) is 17.4 Å². The highest BCUT2D eigenvalue weighted by atomic mass is 16.2. The fourth-order valence-corrected chi connectivity index (χ4v) is 2.42. The molecule has 0 saturated heterocycles. The second-order valence-electron chi connectivity index (χ2n) is 4.63. The molecule has 0 saturated carbocycles. The van der Waals surface area contributed by atoms with E-state index < -0.39 is 0 Å². The highest BCUT2D eigenvalue weighted by Crippen LogP contribution is 2.34. The van der Waals surface area contributed by atoms with Gasteiger partial charge in [0.15, 0.2) is 0 Å². The normalized spacial score (nSPS) is 17.5. The Bertz CT molecular complexity index is 597. The first kappa shape index (κ1) is 11.7. The Morgan fingerprint density at radius 1 is 1.32 bits per heavy atom. The first-order valence-corrected chi connectivity index (χ1v) is 6.29. The summed E-state index contributed by atoms with van der Waals surface area (Å²) in [6.07, 6.45) is 3.47. The minimum absolute atomic E-state index is 0.0508. The lowest BCUT2D eigenvalue weighted by atomic mass is 10.0. The summed E-state index contributed by atoms with van der Waals surface area (Å²) in [5.41, 5.74) is 2.97. The number of carbonyl (C=O) groups excluding carboxylic acids is 1. The molecule has 19 heavy (non-hydrogen) atoms. The van der Waals surface area contributed by atoms with Gasteiger partial charge in [-0.05, 0) is 11.6 Å². The quantitative estimate of drug-likeness (QED) is 0.849. The second-order valence-corrected chi connectivity index (χ2v) is 4.63. The monoisotopic (exact) mass is 253 g/mol. The smallest absolute Gasteiger partial charge is 0.224 e. The Morgan fingerprint density at radius 2 is 2.11 bits per heavy atom. The summed E-state index contributed by atoms with van der Waals surface area (Å²) in [6, 6.07) is 12.1. The van der Waals surface area contributed by atoms with Gasteiger partial charge in [0.05, 0.1) is 30.2 Å². The van der Waals surface area contributed by atoms with E-state index in [-0.39, 0.29) is 11.9 Å². The van der Waals surface area contributed by atoms with E-state index in [0.717, 1.165) is 11.4 Å². The molecule has 1 aliphatic heterocycles. The summed E-state index contributed by atoms with van der Waals surface area (Å²) in [4.78, 5) is 17.7. The largest absolute Gasteiger partial charge is 0.373 e. The number of aromatic nitrogens is 1. The van der Waals surface area contributed by atoms with Gasteiger partial charge in [-0.3, -0.25) is 9.78 Å². The molecule has 96 valence electrons. The maximum atomic E-state index is 11.8. The highest BCUT2D eigenvalue weighted by Gasteiger charge is 2.26. The molecule has 4 heteroatoms. The average molecular weight is 253 g/mol. The molecule has 1 unspecified atom stereocenters. The van der Waals surface area contributed by atoms with E-state index in [2.05, 4.69) is 22.4 Å². The molecule has 1 aromatic carbocycles. The van der Waals surface area contributed by atoms with Gasteiger partial charge in [-0.2, -0.15) is 0 Å². The number of anilines is 2. The Balaban J connectivity index is 1.99. The summed E-state index contributed by atoms with van der Waals surface area (Å²) in [6.45, 7) is 2.23. The molecule has 0 bridgehead atoms. The van der Waals surface area contributed by atoms with Crippen molar-refractivity contribution in [3.8, 4) is 0 Å². The zero-order chi connectivity index (χ0) is 13.2. The second kappa shape index (κ2) is 4.72. The molecule has 1 aliphatic rings. The van der Waals surface area contributed by atoms with Gasteiger partial charge in [0.2, 0.25) is 5.91 Å². The van der Waals surface area contributed by atoms with E-state index >= 15 is 0 Å². The van der Waals surface area contributed by atoms with E-state index in [0.29, 0.717) is 6.54 Å². The fraction of sp³-hybridized carbons (Fsp3) is 0.200. The SMILES string of the molecule is CC(=O)N1CC(c2ccccc2)Nc2cnccc21. The van der Waals surface area contributed by atoms with Crippen molar-refractivity contribution < 1.29 is 4.79 Å². The van der Waals surface area contributed by atoms with Crippen molar-refractivity contribution in [2.45, 2.75) is 13.0 Å². The first-order chi connectivity index (χ1) is 9.25. The molecule has 1 atom stereocenters. The molecule has 1 amide bonds. The fourth-order valence-electron chi connectivity index (χ4n) is 2.42. The van der Waals surface area contributed by atoms with Crippen LogP contribution in [0.2, 0.25) is 0 Å². The van der Waals surface area contributed by atoms with Crippen molar-refractivity contribution >= 4 is 17.3 Å². The molecule has 2 aromatic rings. The van der Waals surface area contributed by atoms with Crippen molar-refractivity contribution in [1.29, 1.82) is 0 Å². The van der Waals surface area contributed by atoms with Gasteiger partial charge in [0.25, 0.3) is 0 Å². The number of carbonyl (C=O) groups is 1. The van der Waals surface area contributed by atoms with E-state index in [1.54, 1.807) is 24.2 Å². The van der Waals surface area contributed by atoms with Crippen LogP contribution in [0.25, 0.3) is 0 Å². The number of benzene rings is 1. The average Bonchev–Trinajstić information content (AvgIpc) is 2.47. The summed E-state index contributed by atoms with van der Waals surface area (Å²) in [5, 5.41) is 3.44. The summed E-state index contributed by atoms with van der Waals surface area (Å²) in [7, 11) is 0. The minimum atomic E-state index is 0.0508. The number of hydrogen-bond donors (Lipinski definition) is 1. The predicted molar refractivity (Wildman–Crippen MR) is 75.1 cm³/mol. The van der Waals surface area contributed by atoms with Crippen LogP contribution in [0.15, 0.2) is 48.8 Å². The number of amides is 1. The third kappa shape index (κ3) is 2.17. The lowest BCUT2D eigenvalue weighted by Crippen LogP contribution is -2.39. The molecule has 4 nitrogen and oxygen atoms in total. The van der Waals surface area contributed by atoms with Gasteiger partial charge in [-0.1, -0.05) is 30.3 Å². The van der Waals surface area contributed by atoms with Crippen LogP contribution >= 0.6 is 0 Å². The van der Waals surface area contributed by atoms with Gasteiger partial charge in [0, 0.05) is 13.1 Å². The molecule has 2 heterocycles. The van der Waals surface area contributed by atoms with Crippen molar-refractivity contribution in [2.24, 2.45) is 0 Å². The predicted octanol–water partition coefficient (Wildman–Crippen LogP) is 2.60. The van der Waals surface area contributed by atoms with E-state index in [1.807, 2.05) is 24.3 Å².